The highest BCUT2D eigenvalue weighted by Gasteiger charge is 2.31. The number of ether oxygens (including phenoxy) is 1. The molecule has 1 aromatic heterocycles. The number of amides is 1. The van der Waals surface area contributed by atoms with Gasteiger partial charge in [0.25, 0.3) is 5.91 Å². The molecule has 1 aliphatic rings. The Labute approximate surface area is 155 Å². The van der Waals surface area contributed by atoms with E-state index in [0.717, 1.165) is 16.1 Å². The number of rotatable bonds is 6. The number of hydrogen-bond donors (Lipinski definition) is 2. The molecule has 1 aromatic carbocycles. The fourth-order valence-corrected chi connectivity index (χ4v) is 3.77. The van der Waals surface area contributed by atoms with Crippen molar-refractivity contribution in [2.45, 2.75) is 6.10 Å². The lowest BCUT2D eigenvalue weighted by molar-refractivity contribution is -0.137. The summed E-state index contributed by atoms with van der Waals surface area (Å²) in [5, 5.41) is 16.5. The summed E-state index contributed by atoms with van der Waals surface area (Å²) in [4.78, 5) is 25.3. The van der Waals surface area contributed by atoms with Gasteiger partial charge in [0, 0.05) is 25.0 Å². The van der Waals surface area contributed by atoms with Crippen LogP contribution in [0.2, 0.25) is 0 Å². The Bertz CT molecular complexity index is 957. The van der Waals surface area contributed by atoms with E-state index in [-0.39, 0.29) is 31.3 Å². The number of hydrogen-bond acceptors (Lipinski definition) is 6. The van der Waals surface area contributed by atoms with Crippen LogP contribution in [-0.2, 0) is 19.6 Å². The zero-order valence-corrected chi connectivity index (χ0v) is 15.5. The number of carboxylic acid groups (broad SMARTS) is 1. The van der Waals surface area contributed by atoms with Gasteiger partial charge in [0.05, 0.1) is 24.5 Å². The van der Waals surface area contributed by atoms with Crippen LogP contribution in [0.25, 0.3) is 10.9 Å². The summed E-state index contributed by atoms with van der Waals surface area (Å²) in [5.41, 5.74) is 1.03. The van der Waals surface area contributed by atoms with E-state index >= 15 is 0 Å². The Morgan fingerprint density at radius 3 is 2.85 bits per heavy atom. The highest BCUT2D eigenvalue weighted by Crippen LogP contribution is 2.18. The maximum atomic E-state index is 12.8. The first-order valence-electron chi connectivity index (χ1n) is 8.26. The first-order valence-corrected chi connectivity index (χ1v) is 10.1. The van der Waals surface area contributed by atoms with Crippen LogP contribution in [0.1, 0.15) is 10.5 Å². The summed E-state index contributed by atoms with van der Waals surface area (Å²) < 4.78 is 30.0. The molecule has 1 saturated heterocycles. The van der Waals surface area contributed by atoms with Gasteiger partial charge >= 0.3 is 5.97 Å². The summed E-state index contributed by atoms with van der Waals surface area (Å²) >= 11 is 0. The SMILES string of the molecule is CS(=O)(=O)N(CC(=O)O)C[C@@H]1CN(C(=O)c2n[nH]c3ccccc23)CCO1. The minimum Gasteiger partial charge on any atom is -0.480 e. The second kappa shape index (κ2) is 7.62. The Kier molecular flexibility index (Phi) is 5.44. The number of morpholine rings is 1. The first kappa shape index (κ1) is 19.3. The third kappa shape index (κ3) is 4.43. The number of H-pyrrole nitrogens is 1. The molecule has 1 aliphatic heterocycles. The number of aromatic nitrogens is 2. The van der Waals surface area contributed by atoms with E-state index in [1.165, 1.54) is 4.90 Å². The molecule has 0 saturated carbocycles. The van der Waals surface area contributed by atoms with Gasteiger partial charge in [-0.2, -0.15) is 9.40 Å². The van der Waals surface area contributed by atoms with Crippen LogP contribution in [0.4, 0.5) is 0 Å². The summed E-state index contributed by atoms with van der Waals surface area (Å²) in [7, 11) is -3.72. The number of carbonyl (C=O) groups is 2. The number of carboxylic acids is 1. The van der Waals surface area contributed by atoms with Gasteiger partial charge in [-0.05, 0) is 6.07 Å². The minimum atomic E-state index is -3.72. The molecule has 11 heteroatoms. The van der Waals surface area contributed by atoms with Crippen LogP contribution >= 0.6 is 0 Å². The highest BCUT2D eigenvalue weighted by atomic mass is 32.2. The van der Waals surface area contributed by atoms with Gasteiger partial charge in [-0.15, -0.1) is 0 Å². The van der Waals surface area contributed by atoms with Crippen LogP contribution in [0.5, 0.6) is 0 Å². The number of para-hydroxylation sites is 1. The second-order valence-electron chi connectivity index (χ2n) is 6.31. The fourth-order valence-electron chi connectivity index (χ4n) is 2.99. The van der Waals surface area contributed by atoms with Gasteiger partial charge in [0.1, 0.15) is 6.54 Å². The molecular weight excluding hydrogens is 376 g/mol. The van der Waals surface area contributed by atoms with E-state index in [9.17, 15) is 18.0 Å². The maximum Gasteiger partial charge on any atom is 0.318 e. The van der Waals surface area contributed by atoms with Crippen molar-refractivity contribution >= 4 is 32.8 Å². The van der Waals surface area contributed by atoms with Gasteiger partial charge in [-0.3, -0.25) is 14.7 Å². The van der Waals surface area contributed by atoms with Crippen molar-refractivity contribution in [2.24, 2.45) is 0 Å². The molecule has 0 aliphatic carbocycles. The van der Waals surface area contributed by atoms with E-state index in [2.05, 4.69) is 10.2 Å². The van der Waals surface area contributed by atoms with Gasteiger partial charge in [-0.1, -0.05) is 18.2 Å². The lowest BCUT2D eigenvalue weighted by Crippen LogP contribution is -2.51. The van der Waals surface area contributed by atoms with Crippen molar-refractivity contribution in [1.29, 1.82) is 0 Å². The molecular formula is C16H20N4O6S. The minimum absolute atomic E-state index is 0.143. The topological polar surface area (TPSA) is 133 Å². The molecule has 146 valence electrons. The van der Waals surface area contributed by atoms with Gasteiger partial charge in [0.2, 0.25) is 10.0 Å². The molecule has 0 unspecified atom stereocenters. The van der Waals surface area contributed by atoms with Crippen molar-refractivity contribution in [3.05, 3.63) is 30.0 Å². The van der Waals surface area contributed by atoms with E-state index in [1.54, 1.807) is 6.07 Å². The smallest absolute Gasteiger partial charge is 0.318 e. The Morgan fingerprint density at radius 1 is 1.41 bits per heavy atom. The van der Waals surface area contributed by atoms with Crippen LogP contribution in [0.3, 0.4) is 0 Å². The summed E-state index contributed by atoms with van der Waals surface area (Å²) in [6, 6.07) is 7.26. The molecule has 1 atom stereocenters. The molecule has 2 N–H and O–H groups in total. The Hall–Kier alpha value is -2.50. The monoisotopic (exact) mass is 396 g/mol. The molecule has 27 heavy (non-hydrogen) atoms. The number of carbonyl (C=O) groups excluding carboxylic acids is 1. The average Bonchev–Trinajstić information content (AvgIpc) is 3.04. The number of aromatic amines is 1. The van der Waals surface area contributed by atoms with Crippen LogP contribution in [0.15, 0.2) is 24.3 Å². The molecule has 3 rings (SSSR count). The van der Waals surface area contributed by atoms with Crippen molar-refractivity contribution in [2.75, 3.05) is 39.0 Å². The third-order valence-corrected chi connectivity index (χ3v) is 5.50. The quantitative estimate of drug-likeness (QED) is 0.688. The molecule has 1 fully saturated rings. The molecule has 2 aromatic rings. The molecule has 2 heterocycles. The lowest BCUT2D eigenvalue weighted by Gasteiger charge is -2.34. The summed E-state index contributed by atoms with van der Waals surface area (Å²) in [6.07, 6.45) is 0.319. The maximum absolute atomic E-state index is 12.8. The number of aliphatic carboxylic acids is 1. The van der Waals surface area contributed by atoms with Crippen LogP contribution in [-0.4, -0.2) is 89.9 Å². The third-order valence-electron chi connectivity index (χ3n) is 4.29. The van der Waals surface area contributed by atoms with Crippen molar-refractivity contribution < 1.29 is 27.9 Å². The predicted octanol–water partition coefficient (Wildman–Crippen LogP) is -0.250. The number of sulfonamides is 1. The second-order valence-corrected chi connectivity index (χ2v) is 8.29. The standard InChI is InChI=1S/C16H20N4O6S/c1-27(24,25)20(10-14(21)22)9-11-8-19(6-7-26-11)16(23)15-12-4-2-3-5-13(12)17-18-15/h2-5,11H,6-10H2,1H3,(H,17,18)(H,21,22)/t11-/m0/s1. The number of nitrogens with one attached hydrogen (secondary N) is 1. The average molecular weight is 396 g/mol. The van der Waals surface area contributed by atoms with Gasteiger partial charge in [-0.25, -0.2) is 8.42 Å². The van der Waals surface area contributed by atoms with E-state index in [0.29, 0.717) is 11.9 Å². The van der Waals surface area contributed by atoms with Crippen molar-refractivity contribution in [1.82, 2.24) is 19.4 Å². The molecule has 1 amide bonds. The van der Waals surface area contributed by atoms with Gasteiger partial charge < -0.3 is 14.7 Å². The highest BCUT2D eigenvalue weighted by molar-refractivity contribution is 7.88. The Morgan fingerprint density at radius 2 is 2.15 bits per heavy atom. The largest absolute Gasteiger partial charge is 0.480 e. The molecule has 0 spiro atoms. The molecule has 10 nitrogen and oxygen atoms in total. The zero-order chi connectivity index (χ0) is 19.6. The normalized spacial score (nSPS) is 18.1. The summed E-state index contributed by atoms with van der Waals surface area (Å²) in [6.45, 7) is -0.0870. The summed E-state index contributed by atoms with van der Waals surface area (Å²) in [5.74, 6) is -1.54. The number of nitrogens with zero attached hydrogens (tertiary/aromatic N) is 3. The van der Waals surface area contributed by atoms with Crippen molar-refractivity contribution in [3.8, 4) is 0 Å². The Balaban J connectivity index is 1.73. The first-order chi connectivity index (χ1) is 12.8. The van der Waals surface area contributed by atoms with E-state index < -0.39 is 28.6 Å². The number of benzene rings is 1. The van der Waals surface area contributed by atoms with Crippen molar-refractivity contribution in [3.63, 3.8) is 0 Å². The molecule has 0 radical (unpaired) electrons. The zero-order valence-electron chi connectivity index (χ0n) is 14.7. The van der Waals surface area contributed by atoms with E-state index in [1.807, 2.05) is 18.2 Å². The fraction of sp³-hybridized carbons (Fsp3) is 0.438. The number of fused-ring (bicyclic) bond motifs is 1. The van der Waals surface area contributed by atoms with Crippen LogP contribution < -0.4 is 0 Å². The van der Waals surface area contributed by atoms with Gasteiger partial charge in [0.15, 0.2) is 5.69 Å². The predicted molar refractivity (Wildman–Crippen MR) is 95.8 cm³/mol. The molecule has 0 bridgehead atoms. The lowest BCUT2D eigenvalue weighted by atomic mass is 10.2. The van der Waals surface area contributed by atoms with E-state index in [4.69, 9.17) is 9.84 Å². The van der Waals surface area contributed by atoms with Crippen LogP contribution in [0, 0.1) is 0 Å².